The molecule has 0 aliphatic carbocycles. The van der Waals surface area contributed by atoms with Crippen molar-refractivity contribution in [3.8, 4) is 0 Å². The quantitative estimate of drug-likeness (QED) is 0.386. The molecular formula is C13H14N3O4W+. The first-order valence-electron chi connectivity index (χ1n) is 6.06. The number of imide groups is 1. The Morgan fingerprint density at radius 1 is 1.05 bits per heavy atom. The Morgan fingerprint density at radius 2 is 1.57 bits per heavy atom. The number of urea groups is 1. The molecule has 8 heteroatoms. The molecule has 0 atom stereocenters. The Labute approximate surface area is 136 Å². The molecule has 1 aromatic rings. The Kier molecular flexibility index (Phi) is 4.89. The van der Waals surface area contributed by atoms with Gasteiger partial charge in [0, 0.05) is 17.8 Å². The van der Waals surface area contributed by atoms with E-state index in [1.165, 1.54) is 0 Å². The van der Waals surface area contributed by atoms with Crippen molar-refractivity contribution >= 4 is 23.3 Å². The molecule has 1 heterocycles. The number of anilines is 1. The van der Waals surface area contributed by atoms with Gasteiger partial charge >= 0.3 is 21.1 Å². The molecule has 1 aliphatic heterocycles. The summed E-state index contributed by atoms with van der Waals surface area (Å²) in [4.78, 5) is 34.9. The van der Waals surface area contributed by atoms with Crippen molar-refractivity contribution in [1.82, 2.24) is 0 Å². The van der Waals surface area contributed by atoms with E-state index < -0.39 is 16.9 Å². The van der Waals surface area contributed by atoms with Crippen LogP contribution in [-0.2, 0) is 25.9 Å². The first-order chi connectivity index (χ1) is 9.25. The molecule has 110 valence electrons. The third-order valence-electron chi connectivity index (χ3n) is 3.82. The van der Waals surface area contributed by atoms with Crippen LogP contribution in [0.5, 0.6) is 0 Å². The van der Waals surface area contributed by atoms with E-state index in [1.807, 2.05) is 6.92 Å². The molecule has 0 saturated carbocycles. The van der Waals surface area contributed by atoms with Crippen LogP contribution in [-0.4, -0.2) is 23.4 Å². The van der Waals surface area contributed by atoms with Gasteiger partial charge in [0.2, 0.25) is 0 Å². The van der Waals surface area contributed by atoms with Crippen LogP contribution in [0.4, 0.5) is 16.2 Å². The maximum Gasteiger partial charge on any atom is 2.00 e. The van der Waals surface area contributed by atoms with E-state index in [1.54, 1.807) is 20.8 Å². The van der Waals surface area contributed by atoms with Crippen LogP contribution in [0, 0.1) is 37.8 Å². The number of nitro groups is 1. The minimum atomic E-state index is -0.746. The van der Waals surface area contributed by atoms with E-state index >= 15 is 0 Å². The van der Waals surface area contributed by atoms with Crippen molar-refractivity contribution < 1.29 is 35.6 Å². The summed E-state index contributed by atoms with van der Waals surface area (Å²) in [6.07, 6.45) is 0. The predicted octanol–water partition coefficient (Wildman–Crippen LogP) is 2.67. The average Bonchev–Trinajstić information content (AvgIpc) is 2.69. The van der Waals surface area contributed by atoms with Crippen LogP contribution in [0.25, 0.3) is 5.32 Å². The SMILES string of the molecule is Cc1c(C)c(C)c([N+](=O)[O-])c(N2CC(=O)[N-]C2=O)c1C.[W+2]. The summed E-state index contributed by atoms with van der Waals surface area (Å²) in [5.41, 5.74) is 2.85. The van der Waals surface area contributed by atoms with Gasteiger partial charge in [0.25, 0.3) is 5.69 Å². The number of hydrogen-bond acceptors (Lipinski definition) is 4. The molecule has 0 radical (unpaired) electrons. The molecule has 0 N–H and O–H groups in total. The van der Waals surface area contributed by atoms with E-state index in [-0.39, 0.29) is 39.0 Å². The summed E-state index contributed by atoms with van der Waals surface area (Å²) in [5, 5.41) is 14.7. The number of nitrogens with zero attached hydrogens (tertiary/aromatic N) is 3. The van der Waals surface area contributed by atoms with Crippen molar-refractivity contribution in [1.29, 1.82) is 0 Å². The normalized spacial score (nSPS) is 14.0. The molecule has 1 aliphatic rings. The Balaban J connectivity index is 0.00000220. The molecule has 0 unspecified atom stereocenters. The van der Waals surface area contributed by atoms with Crippen LogP contribution in [0.2, 0.25) is 0 Å². The summed E-state index contributed by atoms with van der Waals surface area (Å²) in [7, 11) is 0. The van der Waals surface area contributed by atoms with Crippen molar-refractivity contribution in [3.63, 3.8) is 0 Å². The van der Waals surface area contributed by atoms with Crippen LogP contribution in [0.1, 0.15) is 22.3 Å². The van der Waals surface area contributed by atoms with Gasteiger partial charge in [-0.05, 0) is 44.4 Å². The van der Waals surface area contributed by atoms with Crippen LogP contribution in [0.3, 0.4) is 0 Å². The zero-order chi connectivity index (χ0) is 15.2. The molecule has 0 aromatic heterocycles. The average molecular weight is 460 g/mol. The molecule has 1 fully saturated rings. The number of rotatable bonds is 2. The molecule has 1 aromatic carbocycles. The number of amides is 3. The summed E-state index contributed by atoms with van der Waals surface area (Å²) >= 11 is 0. The second kappa shape index (κ2) is 5.93. The molecule has 21 heavy (non-hydrogen) atoms. The third kappa shape index (κ3) is 2.70. The van der Waals surface area contributed by atoms with E-state index in [2.05, 4.69) is 5.32 Å². The minimum absolute atomic E-state index is 0. The molecule has 0 spiro atoms. The largest absolute Gasteiger partial charge is 2.00 e. The molecule has 0 bridgehead atoms. The minimum Gasteiger partial charge on any atom is -0.397 e. The number of hydrogen-bond donors (Lipinski definition) is 0. The van der Waals surface area contributed by atoms with Crippen molar-refractivity contribution in [3.05, 3.63) is 37.7 Å². The van der Waals surface area contributed by atoms with E-state index in [9.17, 15) is 19.7 Å². The monoisotopic (exact) mass is 460 g/mol. The fourth-order valence-corrected chi connectivity index (χ4v) is 2.41. The first kappa shape index (κ1) is 17.3. The number of nitro benzene ring substituents is 1. The van der Waals surface area contributed by atoms with Crippen molar-refractivity contribution in [2.75, 3.05) is 11.4 Å². The van der Waals surface area contributed by atoms with E-state index in [0.29, 0.717) is 11.1 Å². The second-order valence-electron chi connectivity index (χ2n) is 4.83. The standard InChI is InChI=1S/C13H15N3O4.W/c1-6-7(2)9(4)12(16(19)20)11(8(6)3)15-5-10(17)14-13(15)18;/h5H2,1-4H3,(H,14,17,18);/q;+2/p-1. The van der Waals surface area contributed by atoms with Gasteiger partial charge in [-0.25, -0.2) is 0 Å². The summed E-state index contributed by atoms with van der Waals surface area (Å²) in [6.45, 7) is 6.74. The van der Waals surface area contributed by atoms with Crippen molar-refractivity contribution in [2.45, 2.75) is 27.7 Å². The smallest absolute Gasteiger partial charge is 0.397 e. The van der Waals surface area contributed by atoms with Gasteiger partial charge in [0.1, 0.15) is 5.91 Å². The fourth-order valence-electron chi connectivity index (χ4n) is 2.41. The van der Waals surface area contributed by atoms with Crippen molar-refractivity contribution in [2.24, 2.45) is 0 Å². The topological polar surface area (TPSA) is 94.6 Å². The van der Waals surface area contributed by atoms with Crippen LogP contribution >= 0.6 is 0 Å². The van der Waals surface area contributed by atoms with Gasteiger partial charge in [0.05, 0.1) is 4.92 Å². The van der Waals surface area contributed by atoms with Crippen LogP contribution < -0.4 is 4.90 Å². The molecule has 1 saturated heterocycles. The second-order valence-corrected chi connectivity index (χ2v) is 4.83. The van der Waals surface area contributed by atoms with Gasteiger partial charge in [-0.1, -0.05) is 0 Å². The summed E-state index contributed by atoms with van der Waals surface area (Å²) in [6, 6.07) is -0.746. The molecular weight excluding hydrogens is 446 g/mol. The maximum atomic E-state index is 11.7. The number of benzene rings is 1. The summed E-state index contributed by atoms with van der Waals surface area (Å²) in [5.74, 6) is -0.584. The first-order valence-corrected chi connectivity index (χ1v) is 6.06. The molecule has 7 nitrogen and oxygen atoms in total. The maximum absolute atomic E-state index is 11.7. The molecule has 3 amide bonds. The Hall–Kier alpha value is -1.75. The van der Waals surface area contributed by atoms with Gasteiger partial charge in [-0.2, -0.15) is 0 Å². The fraction of sp³-hybridized carbons (Fsp3) is 0.385. The molecule has 2 rings (SSSR count). The Morgan fingerprint density at radius 3 is 2.00 bits per heavy atom. The number of carbonyl (C=O) groups excluding carboxylic acids is 2. The van der Waals surface area contributed by atoms with Gasteiger partial charge < -0.3 is 10.2 Å². The van der Waals surface area contributed by atoms with Crippen LogP contribution in [0.15, 0.2) is 0 Å². The van der Waals surface area contributed by atoms with E-state index in [4.69, 9.17) is 0 Å². The zero-order valence-corrected chi connectivity index (χ0v) is 15.0. The van der Waals surface area contributed by atoms with Gasteiger partial charge in [-0.15, -0.1) is 0 Å². The van der Waals surface area contributed by atoms with Gasteiger partial charge in [0.15, 0.2) is 6.03 Å². The Bertz CT molecular complexity index is 658. The third-order valence-corrected chi connectivity index (χ3v) is 3.82. The summed E-state index contributed by atoms with van der Waals surface area (Å²) < 4.78 is 0. The predicted molar refractivity (Wildman–Crippen MR) is 73.2 cm³/mol. The zero-order valence-electron chi connectivity index (χ0n) is 12.1. The van der Waals surface area contributed by atoms with E-state index in [0.717, 1.165) is 16.0 Å². The van der Waals surface area contributed by atoms with Gasteiger partial charge in [-0.3, -0.25) is 19.7 Å². The number of carbonyl (C=O) groups is 2.